The average Bonchev–Trinajstić information content (AvgIpc) is 2.79. The molecule has 2 amide bonds. The molecule has 1 N–H and O–H groups in total. The van der Waals surface area contributed by atoms with Crippen molar-refractivity contribution in [3.05, 3.63) is 0 Å². The van der Waals surface area contributed by atoms with E-state index in [0.29, 0.717) is 5.01 Å². The summed E-state index contributed by atoms with van der Waals surface area (Å²) < 4.78 is 42.2. The van der Waals surface area contributed by atoms with Crippen LogP contribution in [0.5, 0.6) is 0 Å². The molecule has 12 heteroatoms. The fourth-order valence-corrected chi connectivity index (χ4v) is 2.51. The number of carbonyl (C=O) groups is 3. The highest BCUT2D eigenvalue weighted by Crippen LogP contribution is 2.22. The van der Waals surface area contributed by atoms with Crippen LogP contribution in [0.4, 0.5) is 9.59 Å². The molecule has 1 rings (SSSR count). The van der Waals surface area contributed by atoms with Gasteiger partial charge in [-0.2, -0.15) is 8.42 Å². The average molecular weight is 424 g/mol. The number of hydrogen-bond donors (Lipinski definition) is 1. The molecule has 0 unspecified atom stereocenters. The van der Waals surface area contributed by atoms with Crippen LogP contribution in [0.25, 0.3) is 0 Å². The minimum absolute atomic E-state index is 0.108. The van der Waals surface area contributed by atoms with Gasteiger partial charge in [-0.05, 0) is 41.5 Å². The Morgan fingerprint density at radius 1 is 1.14 bits per heavy atom. The predicted molar refractivity (Wildman–Crippen MR) is 96.5 cm³/mol. The Kier molecular flexibility index (Phi) is 7.29. The zero-order chi connectivity index (χ0) is 21.9. The van der Waals surface area contributed by atoms with Crippen molar-refractivity contribution in [2.75, 3.05) is 12.9 Å². The second kappa shape index (κ2) is 8.52. The quantitative estimate of drug-likeness (QED) is 0.306. The number of nitrogens with one attached hydrogen (secondary N) is 1. The van der Waals surface area contributed by atoms with Gasteiger partial charge in [0, 0.05) is 6.42 Å². The predicted octanol–water partition coefficient (Wildman–Crippen LogP) is 1.32. The van der Waals surface area contributed by atoms with Crippen molar-refractivity contribution < 1.29 is 41.2 Å². The maximum Gasteiger partial charge on any atom is 0.430 e. The molecule has 0 spiro atoms. The summed E-state index contributed by atoms with van der Waals surface area (Å²) in [6.07, 6.45) is -2.13. The molecule has 1 fully saturated rings. The number of esters is 1. The van der Waals surface area contributed by atoms with Crippen LogP contribution in [0.15, 0.2) is 0 Å². The molecule has 0 aromatic rings. The minimum atomic E-state index is -3.73. The SMILES string of the molecule is CC(C)(C)OC(=O)NN(C(=O)OC(C)(C)C)[C@@H]1C[C@@H](COS(C)(=O)=O)OC1=O. The standard InChI is InChI=1S/C16H28N2O9S/c1-15(2,3)26-13(20)17-18(14(21)27-16(4,5)6)11-8-10(25-12(11)19)9-24-28(7,22)23/h10-11H,8-9H2,1-7H3,(H,17,20)/t10-,11+/m0/s1. The van der Waals surface area contributed by atoms with Crippen LogP contribution in [0.2, 0.25) is 0 Å². The normalized spacial score (nSPS) is 20.3. The first-order valence-electron chi connectivity index (χ1n) is 8.53. The van der Waals surface area contributed by atoms with Crippen molar-refractivity contribution in [2.24, 2.45) is 0 Å². The molecular formula is C16H28N2O9S. The molecule has 0 aliphatic carbocycles. The van der Waals surface area contributed by atoms with E-state index in [9.17, 15) is 22.8 Å². The molecule has 0 radical (unpaired) electrons. The summed E-state index contributed by atoms with van der Waals surface area (Å²) in [7, 11) is -3.73. The first kappa shape index (κ1) is 24.0. The molecule has 0 bridgehead atoms. The fourth-order valence-electron chi connectivity index (χ4n) is 2.11. The molecule has 0 aromatic heterocycles. The number of carbonyl (C=O) groups excluding carboxylic acids is 3. The van der Waals surface area contributed by atoms with Gasteiger partial charge in [0.2, 0.25) is 0 Å². The summed E-state index contributed by atoms with van der Waals surface area (Å²) in [5.74, 6) is -0.844. The smallest absolute Gasteiger partial charge is 0.430 e. The summed E-state index contributed by atoms with van der Waals surface area (Å²) in [4.78, 5) is 36.8. The third kappa shape index (κ3) is 8.74. The second-order valence-electron chi connectivity index (χ2n) is 8.26. The summed E-state index contributed by atoms with van der Waals surface area (Å²) in [6.45, 7) is 9.34. The zero-order valence-corrected chi connectivity index (χ0v) is 17.9. The molecule has 11 nitrogen and oxygen atoms in total. The van der Waals surface area contributed by atoms with Gasteiger partial charge in [-0.1, -0.05) is 0 Å². The largest absolute Gasteiger partial charge is 0.458 e. The van der Waals surface area contributed by atoms with Gasteiger partial charge in [-0.3, -0.25) is 4.18 Å². The summed E-state index contributed by atoms with van der Waals surface area (Å²) >= 11 is 0. The van der Waals surface area contributed by atoms with Crippen LogP contribution in [-0.4, -0.2) is 67.8 Å². The third-order valence-corrected chi connectivity index (χ3v) is 3.59. The zero-order valence-electron chi connectivity index (χ0n) is 17.1. The van der Waals surface area contributed by atoms with Crippen molar-refractivity contribution in [1.29, 1.82) is 0 Å². The van der Waals surface area contributed by atoms with E-state index in [-0.39, 0.29) is 6.42 Å². The van der Waals surface area contributed by atoms with Gasteiger partial charge in [0.25, 0.3) is 10.1 Å². The lowest BCUT2D eigenvalue weighted by atomic mass is 10.1. The monoisotopic (exact) mass is 424 g/mol. The first-order chi connectivity index (χ1) is 12.5. The van der Waals surface area contributed by atoms with Gasteiger partial charge in [0.1, 0.15) is 23.9 Å². The van der Waals surface area contributed by atoms with Crippen molar-refractivity contribution in [2.45, 2.75) is 71.3 Å². The minimum Gasteiger partial charge on any atom is -0.458 e. The molecule has 28 heavy (non-hydrogen) atoms. The number of amides is 2. The van der Waals surface area contributed by atoms with Gasteiger partial charge in [-0.15, -0.1) is 0 Å². The fraction of sp³-hybridized carbons (Fsp3) is 0.812. The molecule has 1 heterocycles. The summed E-state index contributed by atoms with van der Waals surface area (Å²) in [6, 6.07) is -1.24. The van der Waals surface area contributed by atoms with Crippen LogP contribution < -0.4 is 5.43 Å². The first-order valence-corrected chi connectivity index (χ1v) is 10.4. The van der Waals surface area contributed by atoms with Crippen molar-refractivity contribution in [3.8, 4) is 0 Å². The molecule has 162 valence electrons. The van der Waals surface area contributed by atoms with Crippen LogP contribution in [0.1, 0.15) is 48.0 Å². The molecule has 0 aromatic carbocycles. The number of hydrazine groups is 1. The highest BCUT2D eigenvalue weighted by Gasteiger charge is 2.44. The van der Waals surface area contributed by atoms with Crippen LogP contribution in [0.3, 0.4) is 0 Å². The number of ether oxygens (including phenoxy) is 3. The molecular weight excluding hydrogens is 396 g/mol. The van der Waals surface area contributed by atoms with E-state index in [2.05, 4.69) is 9.61 Å². The third-order valence-electron chi connectivity index (χ3n) is 3.02. The maximum absolute atomic E-state index is 12.5. The molecule has 0 saturated carbocycles. The molecule has 1 saturated heterocycles. The molecule has 1 aliphatic rings. The van der Waals surface area contributed by atoms with E-state index in [1.807, 2.05) is 0 Å². The van der Waals surface area contributed by atoms with Crippen molar-refractivity contribution >= 4 is 28.3 Å². The van der Waals surface area contributed by atoms with Gasteiger partial charge >= 0.3 is 18.2 Å². The van der Waals surface area contributed by atoms with E-state index in [1.54, 1.807) is 41.5 Å². The number of hydrogen-bond acceptors (Lipinski definition) is 9. The molecule has 2 atom stereocenters. The highest BCUT2D eigenvalue weighted by atomic mass is 32.2. The van der Waals surface area contributed by atoms with E-state index in [1.165, 1.54) is 0 Å². The second-order valence-corrected chi connectivity index (χ2v) is 9.91. The Balaban J connectivity index is 2.95. The van der Waals surface area contributed by atoms with Gasteiger partial charge in [0.05, 0.1) is 6.26 Å². The Morgan fingerprint density at radius 2 is 1.68 bits per heavy atom. The Hall–Kier alpha value is -2.08. The Morgan fingerprint density at radius 3 is 2.14 bits per heavy atom. The summed E-state index contributed by atoms with van der Waals surface area (Å²) in [5, 5.41) is 0.683. The lowest BCUT2D eigenvalue weighted by Crippen LogP contribution is -2.55. The number of cyclic esters (lactones) is 1. The van der Waals surface area contributed by atoms with Crippen molar-refractivity contribution in [3.63, 3.8) is 0 Å². The van der Waals surface area contributed by atoms with Crippen molar-refractivity contribution in [1.82, 2.24) is 10.4 Å². The summed E-state index contributed by atoms with van der Waals surface area (Å²) in [5.41, 5.74) is 0.461. The van der Waals surface area contributed by atoms with E-state index in [4.69, 9.17) is 14.2 Å². The highest BCUT2D eigenvalue weighted by molar-refractivity contribution is 7.85. The van der Waals surface area contributed by atoms with E-state index >= 15 is 0 Å². The van der Waals surface area contributed by atoms with E-state index < -0.39 is 58.2 Å². The number of nitrogens with zero attached hydrogens (tertiary/aromatic N) is 1. The lowest BCUT2D eigenvalue weighted by Gasteiger charge is -2.30. The Bertz CT molecular complexity index is 707. The van der Waals surface area contributed by atoms with Gasteiger partial charge in [0.15, 0.2) is 6.04 Å². The maximum atomic E-state index is 12.5. The van der Waals surface area contributed by atoms with Crippen LogP contribution >= 0.6 is 0 Å². The van der Waals surface area contributed by atoms with Crippen LogP contribution in [-0.2, 0) is 33.3 Å². The topological polar surface area (TPSA) is 138 Å². The van der Waals surface area contributed by atoms with Gasteiger partial charge in [-0.25, -0.2) is 24.8 Å². The van der Waals surface area contributed by atoms with E-state index in [0.717, 1.165) is 6.26 Å². The van der Waals surface area contributed by atoms with Gasteiger partial charge < -0.3 is 14.2 Å². The number of rotatable bonds is 4. The lowest BCUT2D eigenvalue weighted by molar-refractivity contribution is -0.146. The Labute approximate surface area is 164 Å². The molecule has 1 aliphatic heterocycles. The van der Waals surface area contributed by atoms with Crippen LogP contribution in [0, 0.1) is 0 Å².